The second kappa shape index (κ2) is 9.74. The lowest BCUT2D eigenvalue weighted by Crippen LogP contribution is -2.44. The van der Waals surface area contributed by atoms with Gasteiger partial charge in [-0.15, -0.1) is 0 Å². The number of rotatable bonds is 6. The number of nitrogens with zero attached hydrogens (tertiary/aromatic N) is 2. The number of likely N-dealkylation sites (tertiary alicyclic amines) is 1. The number of ether oxygens (including phenoxy) is 1. The molecule has 1 aromatic rings. The summed E-state index contributed by atoms with van der Waals surface area (Å²) >= 11 is 6.28. The topological polar surface area (TPSA) is 48.9 Å². The normalized spacial score (nSPS) is 19.2. The second-order valence-electron chi connectivity index (χ2n) is 6.36. The van der Waals surface area contributed by atoms with Gasteiger partial charge in [0.05, 0.1) is 7.11 Å². The Morgan fingerprint density at radius 2 is 2.25 bits per heavy atom. The fraction of sp³-hybridized carbons (Fsp3) is 0.611. The van der Waals surface area contributed by atoms with E-state index in [2.05, 4.69) is 27.6 Å². The van der Waals surface area contributed by atoms with Crippen molar-refractivity contribution in [3.63, 3.8) is 0 Å². The highest BCUT2D eigenvalue weighted by molar-refractivity contribution is 6.31. The average molecular weight is 353 g/mol. The van der Waals surface area contributed by atoms with Crippen molar-refractivity contribution < 1.29 is 4.74 Å². The minimum Gasteiger partial charge on any atom is -0.497 e. The van der Waals surface area contributed by atoms with Crippen LogP contribution >= 0.6 is 11.6 Å². The van der Waals surface area contributed by atoms with E-state index in [0.717, 1.165) is 48.4 Å². The SMILES string of the molecule is CN=C(NCCc1ccc(OC)cc1Cl)NCC1CCCN(C)C1. The number of nitrogens with one attached hydrogen (secondary N) is 2. The van der Waals surface area contributed by atoms with Crippen LogP contribution in [0.15, 0.2) is 23.2 Å². The van der Waals surface area contributed by atoms with Crippen molar-refractivity contribution in [3.8, 4) is 5.75 Å². The van der Waals surface area contributed by atoms with Gasteiger partial charge in [-0.2, -0.15) is 0 Å². The number of aliphatic imine (C=N–C) groups is 1. The molecule has 1 heterocycles. The summed E-state index contributed by atoms with van der Waals surface area (Å²) in [6, 6.07) is 5.80. The lowest BCUT2D eigenvalue weighted by molar-refractivity contribution is 0.210. The lowest BCUT2D eigenvalue weighted by atomic mass is 9.99. The van der Waals surface area contributed by atoms with Crippen LogP contribution in [0.4, 0.5) is 0 Å². The summed E-state index contributed by atoms with van der Waals surface area (Å²) in [6.45, 7) is 4.13. The minimum atomic E-state index is 0.693. The Morgan fingerprint density at radius 3 is 2.92 bits per heavy atom. The predicted molar refractivity (Wildman–Crippen MR) is 101 cm³/mol. The van der Waals surface area contributed by atoms with Crippen LogP contribution in [0.5, 0.6) is 5.75 Å². The zero-order valence-electron chi connectivity index (χ0n) is 14.9. The first-order valence-electron chi connectivity index (χ1n) is 8.58. The van der Waals surface area contributed by atoms with E-state index in [1.807, 2.05) is 25.2 Å². The molecule has 0 radical (unpaired) electrons. The molecule has 1 unspecified atom stereocenters. The molecule has 1 atom stereocenters. The van der Waals surface area contributed by atoms with E-state index in [0.29, 0.717) is 5.92 Å². The number of hydrogen-bond acceptors (Lipinski definition) is 3. The molecular formula is C18H29ClN4O. The van der Waals surface area contributed by atoms with Crippen molar-refractivity contribution in [3.05, 3.63) is 28.8 Å². The Kier molecular flexibility index (Phi) is 7.66. The zero-order valence-corrected chi connectivity index (χ0v) is 15.7. The van der Waals surface area contributed by atoms with E-state index in [1.165, 1.54) is 19.4 Å². The molecule has 6 heteroatoms. The first-order chi connectivity index (χ1) is 11.6. The van der Waals surface area contributed by atoms with Gasteiger partial charge in [-0.05, 0) is 56.5 Å². The van der Waals surface area contributed by atoms with Crippen molar-refractivity contribution in [2.45, 2.75) is 19.3 Å². The zero-order chi connectivity index (χ0) is 17.4. The Hall–Kier alpha value is -1.46. The molecule has 5 nitrogen and oxygen atoms in total. The number of piperidine rings is 1. The Balaban J connectivity index is 1.73. The maximum Gasteiger partial charge on any atom is 0.190 e. The van der Waals surface area contributed by atoms with Crippen LogP contribution in [-0.2, 0) is 6.42 Å². The molecule has 24 heavy (non-hydrogen) atoms. The molecular weight excluding hydrogens is 324 g/mol. The highest BCUT2D eigenvalue weighted by Gasteiger charge is 2.17. The van der Waals surface area contributed by atoms with Crippen LogP contribution in [0.3, 0.4) is 0 Å². The minimum absolute atomic E-state index is 0.693. The molecule has 1 aromatic carbocycles. The maximum atomic E-state index is 6.28. The number of halogens is 1. The highest BCUT2D eigenvalue weighted by Crippen LogP contribution is 2.22. The van der Waals surface area contributed by atoms with Gasteiger partial charge in [0.15, 0.2) is 5.96 Å². The quantitative estimate of drug-likeness (QED) is 0.609. The van der Waals surface area contributed by atoms with Crippen LogP contribution in [0.2, 0.25) is 5.02 Å². The number of hydrogen-bond donors (Lipinski definition) is 2. The summed E-state index contributed by atoms with van der Waals surface area (Å²) in [4.78, 5) is 6.70. The Labute approximate surface area is 150 Å². The standard InChI is InChI=1S/C18H29ClN4O/c1-20-18(22-12-14-5-4-10-23(2)13-14)21-9-8-15-6-7-16(24-3)11-17(15)19/h6-7,11,14H,4-5,8-10,12-13H2,1-3H3,(H2,20,21,22). The van der Waals surface area contributed by atoms with Gasteiger partial charge in [0.2, 0.25) is 0 Å². The van der Waals surface area contributed by atoms with Gasteiger partial charge in [-0.25, -0.2) is 0 Å². The molecule has 0 bridgehead atoms. The number of guanidine groups is 1. The Morgan fingerprint density at radius 1 is 1.42 bits per heavy atom. The summed E-state index contributed by atoms with van der Waals surface area (Å²) in [5.74, 6) is 2.33. The van der Waals surface area contributed by atoms with Crippen molar-refractivity contribution >= 4 is 17.6 Å². The lowest BCUT2D eigenvalue weighted by Gasteiger charge is -2.30. The Bertz CT molecular complexity index is 550. The van der Waals surface area contributed by atoms with Crippen LogP contribution in [-0.4, -0.2) is 58.2 Å². The third-order valence-corrected chi connectivity index (χ3v) is 4.80. The molecule has 2 rings (SSSR count). The molecule has 1 saturated heterocycles. The molecule has 2 N–H and O–H groups in total. The van der Waals surface area contributed by atoms with E-state index >= 15 is 0 Å². The fourth-order valence-electron chi connectivity index (χ4n) is 3.07. The van der Waals surface area contributed by atoms with Crippen LogP contribution in [0.25, 0.3) is 0 Å². The molecule has 1 aliphatic rings. The fourth-order valence-corrected chi connectivity index (χ4v) is 3.34. The van der Waals surface area contributed by atoms with E-state index in [-0.39, 0.29) is 0 Å². The summed E-state index contributed by atoms with van der Waals surface area (Å²) in [5, 5.41) is 7.54. The highest BCUT2D eigenvalue weighted by atomic mass is 35.5. The van der Waals surface area contributed by atoms with Gasteiger partial charge in [0.1, 0.15) is 5.75 Å². The smallest absolute Gasteiger partial charge is 0.190 e. The van der Waals surface area contributed by atoms with Gasteiger partial charge in [0.25, 0.3) is 0 Å². The van der Waals surface area contributed by atoms with Gasteiger partial charge >= 0.3 is 0 Å². The second-order valence-corrected chi connectivity index (χ2v) is 6.76. The number of methoxy groups -OCH3 is 1. The van der Waals surface area contributed by atoms with E-state index < -0.39 is 0 Å². The van der Waals surface area contributed by atoms with Gasteiger partial charge in [-0.1, -0.05) is 17.7 Å². The maximum absolute atomic E-state index is 6.28. The summed E-state index contributed by atoms with van der Waals surface area (Å²) in [7, 11) is 5.65. The predicted octanol–water partition coefficient (Wildman–Crippen LogP) is 2.40. The molecule has 0 saturated carbocycles. The van der Waals surface area contributed by atoms with E-state index in [1.54, 1.807) is 7.11 Å². The molecule has 1 aliphatic heterocycles. The van der Waals surface area contributed by atoms with Crippen molar-refractivity contribution in [2.24, 2.45) is 10.9 Å². The third kappa shape index (κ3) is 5.87. The first-order valence-corrected chi connectivity index (χ1v) is 8.95. The van der Waals surface area contributed by atoms with Crippen molar-refractivity contribution in [2.75, 3.05) is 47.4 Å². The van der Waals surface area contributed by atoms with Crippen molar-refractivity contribution in [1.82, 2.24) is 15.5 Å². The van der Waals surface area contributed by atoms with Crippen LogP contribution in [0, 0.1) is 5.92 Å². The van der Waals surface area contributed by atoms with Gasteiger partial charge < -0.3 is 20.3 Å². The molecule has 0 aromatic heterocycles. The van der Waals surface area contributed by atoms with E-state index in [9.17, 15) is 0 Å². The monoisotopic (exact) mass is 352 g/mol. The van der Waals surface area contributed by atoms with Crippen LogP contribution < -0.4 is 15.4 Å². The average Bonchev–Trinajstić information content (AvgIpc) is 2.59. The third-order valence-electron chi connectivity index (χ3n) is 4.45. The summed E-state index contributed by atoms with van der Waals surface area (Å²) in [5.41, 5.74) is 1.11. The van der Waals surface area contributed by atoms with Gasteiger partial charge in [0, 0.05) is 31.7 Å². The summed E-state index contributed by atoms with van der Waals surface area (Å²) in [6.07, 6.45) is 3.41. The first kappa shape index (κ1) is 18.9. The van der Waals surface area contributed by atoms with Gasteiger partial charge in [-0.3, -0.25) is 4.99 Å². The largest absolute Gasteiger partial charge is 0.497 e. The van der Waals surface area contributed by atoms with E-state index in [4.69, 9.17) is 16.3 Å². The molecule has 1 fully saturated rings. The van der Waals surface area contributed by atoms with Crippen LogP contribution in [0.1, 0.15) is 18.4 Å². The van der Waals surface area contributed by atoms with Crippen molar-refractivity contribution in [1.29, 1.82) is 0 Å². The molecule has 0 spiro atoms. The summed E-state index contributed by atoms with van der Waals surface area (Å²) < 4.78 is 5.17. The molecule has 134 valence electrons. The molecule has 0 amide bonds. The number of benzene rings is 1. The molecule has 0 aliphatic carbocycles.